The molecule has 1 aliphatic rings. The van der Waals surface area contributed by atoms with Gasteiger partial charge in [0.1, 0.15) is 11.5 Å². The predicted molar refractivity (Wildman–Crippen MR) is 78.6 cm³/mol. The molecule has 2 atom stereocenters. The summed E-state index contributed by atoms with van der Waals surface area (Å²) in [6.45, 7) is 3.05. The van der Waals surface area contributed by atoms with E-state index < -0.39 is 0 Å². The Hall–Kier alpha value is -1.97. The molecule has 0 aromatic carbocycles. The lowest BCUT2D eigenvalue weighted by atomic mass is 9.90. The number of aryl methyl sites for hydroxylation is 1. The van der Waals surface area contributed by atoms with Crippen LogP contribution in [0.3, 0.4) is 0 Å². The van der Waals surface area contributed by atoms with E-state index in [2.05, 4.69) is 6.92 Å². The largest absolute Gasteiger partial charge is 0.469 e. The van der Waals surface area contributed by atoms with Gasteiger partial charge in [-0.3, -0.25) is 4.79 Å². The van der Waals surface area contributed by atoms with Crippen molar-refractivity contribution in [3.8, 4) is 0 Å². The number of hydrogen-bond donors (Lipinski definition) is 0. The van der Waals surface area contributed by atoms with Gasteiger partial charge in [-0.15, -0.1) is 0 Å². The first-order chi connectivity index (χ1) is 10.2. The van der Waals surface area contributed by atoms with Gasteiger partial charge in [-0.2, -0.15) is 0 Å². The lowest BCUT2D eigenvalue weighted by Crippen LogP contribution is -2.40. The molecule has 0 saturated carbocycles. The Balaban J connectivity index is 1.67. The molecule has 112 valence electrons. The van der Waals surface area contributed by atoms with E-state index in [4.69, 9.17) is 8.83 Å². The summed E-state index contributed by atoms with van der Waals surface area (Å²) in [5, 5.41) is 0. The van der Waals surface area contributed by atoms with Gasteiger partial charge in [-0.25, -0.2) is 0 Å². The number of amides is 1. The maximum Gasteiger partial charge on any atom is 0.223 e. The van der Waals surface area contributed by atoms with Gasteiger partial charge in [-0.1, -0.05) is 6.92 Å². The smallest absolute Gasteiger partial charge is 0.223 e. The highest BCUT2D eigenvalue weighted by molar-refractivity contribution is 5.77. The normalized spacial score (nSPS) is 22.4. The average Bonchev–Trinajstić information content (AvgIpc) is 3.18. The highest BCUT2D eigenvalue weighted by Crippen LogP contribution is 2.34. The third kappa shape index (κ3) is 3.20. The molecule has 2 aromatic heterocycles. The number of piperidine rings is 1. The highest BCUT2D eigenvalue weighted by Gasteiger charge is 2.32. The molecule has 0 N–H and O–H groups in total. The number of likely N-dealkylation sites (tertiary alicyclic amines) is 1. The van der Waals surface area contributed by atoms with Gasteiger partial charge in [-0.05, 0) is 43.0 Å². The molecule has 0 unspecified atom stereocenters. The fourth-order valence-electron chi connectivity index (χ4n) is 3.02. The molecule has 0 bridgehead atoms. The summed E-state index contributed by atoms with van der Waals surface area (Å²) in [6, 6.07) is 7.70. The third-order valence-electron chi connectivity index (χ3n) is 4.22. The van der Waals surface area contributed by atoms with E-state index in [1.54, 1.807) is 12.5 Å². The topological polar surface area (TPSA) is 46.6 Å². The van der Waals surface area contributed by atoms with Crippen molar-refractivity contribution >= 4 is 5.91 Å². The molecule has 1 fully saturated rings. The molecule has 1 amide bonds. The summed E-state index contributed by atoms with van der Waals surface area (Å²) in [5.41, 5.74) is 0. The Morgan fingerprint density at radius 3 is 2.81 bits per heavy atom. The van der Waals surface area contributed by atoms with E-state index in [0.29, 0.717) is 18.8 Å². The molecule has 1 aliphatic heterocycles. The molecule has 3 rings (SSSR count). The van der Waals surface area contributed by atoms with Crippen LogP contribution in [0.1, 0.15) is 43.7 Å². The molecule has 0 aliphatic carbocycles. The van der Waals surface area contributed by atoms with E-state index in [1.165, 1.54) is 0 Å². The Morgan fingerprint density at radius 1 is 1.29 bits per heavy atom. The first-order valence-electron chi connectivity index (χ1n) is 7.59. The van der Waals surface area contributed by atoms with Crippen LogP contribution in [0.4, 0.5) is 0 Å². The van der Waals surface area contributed by atoms with Gasteiger partial charge in [0.25, 0.3) is 0 Å². The van der Waals surface area contributed by atoms with Gasteiger partial charge in [0.05, 0.1) is 18.6 Å². The summed E-state index contributed by atoms with van der Waals surface area (Å²) in [5.74, 6) is 2.56. The number of carbonyl (C=O) groups excluding carboxylic acids is 1. The van der Waals surface area contributed by atoms with Crippen molar-refractivity contribution in [2.45, 2.75) is 38.6 Å². The third-order valence-corrected chi connectivity index (χ3v) is 4.22. The van der Waals surface area contributed by atoms with E-state index in [1.807, 2.05) is 29.2 Å². The average molecular weight is 287 g/mol. The lowest BCUT2D eigenvalue weighted by Gasteiger charge is -2.37. The van der Waals surface area contributed by atoms with Gasteiger partial charge in [0.15, 0.2) is 0 Å². The van der Waals surface area contributed by atoms with Crippen LogP contribution >= 0.6 is 0 Å². The molecule has 21 heavy (non-hydrogen) atoms. The Bertz CT molecular complexity index is 559. The molecule has 0 radical (unpaired) electrons. The van der Waals surface area contributed by atoms with E-state index in [9.17, 15) is 4.79 Å². The van der Waals surface area contributed by atoms with Crippen molar-refractivity contribution in [1.29, 1.82) is 0 Å². The zero-order valence-electron chi connectivity index (χ0n) is 12.3. The van der Waals surface area contributed by atoms with Crippen molar-refractivity contribution in [3.63, 3.8) is 0 Å². The monoisotopic (exact) mass is 287 g/mol. The SMILES string of the molecule is C[C@@H]1CCN(C(=O)CCc2ccco2)[C@@H](c2ccco2)C1. The van der Waals surface area contributed by atoms with Crippen LogP contribution in [0, 0.1) is 5.92 Å². The quantitative estimate of drug-likeness (QED) is 0.859. The van der Waals surface area contributed by atoms with Crippen LogP contribution in [-0.4, -0.2) is 17.4 Å². The molecule has 2 aromatic rings. The zero-order valence-corrected chi connectivity index (χ0v) is 12.3. The molecule has 0 spiro atoms. The number of carbonyl (C=O) groups is 1. The van der Waals surface area contributed by atoms with Gasteiger partial charge in [0, 0.05) is 19.4 Å². The standard InChI is InChI=1S/C17H21NO3/c1-13-8-9-18(15(12-13)16-5-3-11-21-16)17(19)7-6-14-4-2-10-20-14/h2-5,10-11,13,15H,6-9,12H2,1H3/t13-,15-/m1/s1. The van der Waals surface area contributed by atoms with E-state index in [0.717, 1.165) is 30.9 Å². The summed E-state index contributed by atoms with van der Waals surface area (Å²) < 4.78 is 10.8. The van der Waals surface area contributed by atoms with Gasteiger partial charge in [0.2, 0.25) is 5.91 Å². The van der Waals surface area contributed by atoms with Crippen molar-refractivity contribution in [2.75, 3.05) is 6.54 Å². The molecular formula is C17H21NO3. The van der Waals surface area contributed by atoms with Crippen LogP contribution in [0.5, 0.6) is 0 Å². The number of rotatable bonds is 4. The Labute approximate surface area is 124 Å². The first kappa shape index (κ1) is 14.0. The molecular weight excluding hydrogens is 266 g/mol. The first-order valence-corrected chi connectivity index (χ1v) is 7.59. The van der Waals surface area contributed by atoms with Crippen LogP contribution in [0.25, 0.3) is 0 Å². The second-order valence-corrected chi connectivity index (χ2v) is 5.83. The molecule has 1 saturated heterocycles. The predicted octanol–water partition coefficient (Wildman–Crippen LogP) is 3.81. The highest BCUT2D eigenvalue weighted by atomic mass is 16.3. The number of nitrogens with zero attached hydrogens (tertiary/aromatic N) is 1. The zero-order chi connectivity index (χ0) is 14.7. The van der Waals surface area contributed by atoms with Crippen molar-refractivity contribution in [1.82, 2.24) is 4.90 Å². The van der Waals surface area contributed by atoms with Gasteiger partial charge < -0.3 is 13.7 Å². The lowest BCUT2D eigenvalue weighted by molar-refractivity contribution is -0.136. The van der Waals surface area contributed by atoms with E-state index in [-0.39, 0.29) is 11.9 Å². The molecule has 4 nitrogen and oxygen atoms in total. The Morgan fingerprint density at radius 2 is 2.10 bits per heavy atom. The maximum absolute atomic E-state index is 12.5. The minimum Gasteiger partial charge on any atom is -0.469 e. The van der Waals surface area contributed by atoms with Crippen LogP contribution in [0.2, 0.25) is 0 Å². The Kier molecular flexibility index (Phi) is 4.13. The number of furan rings is 2. The molecule has 3 heterocycles. The summed E-state index contributed by atoms with van der Waals surface area (Å²) in [4.78, 5) is 14.5. The van der Waals surface area contributed by atoms with E-state index >= 15 is 0 Å². The van der Waals surface area contributed by atoms with Crippen LogP contribution in [-0.2, 0) is 11.2 Å². The molecule has 4 heteroatoms. The minimum atomic E-state index is 0.0767. The summed E-state index contributed by atoms with van der Waals surface area (Å²) in [6.07, 6.45) is 6.50. The summed E-state index contributed by atoms with van der Waals surface area (Å²) >= 11 is 0. The van der Waals surface area contributed by atoms with Crippen LogP contribution < -0.4 is 0 Å². The number of hydrogen-bond acceptors (Lipinski definition) is 3. The second kappa shape index (κ2) is 6.20. The van der Waals surface area contributed by atoms with Gasteiger partial charge >= 0.3 is 0 Å². The second-order valence-electron chi connectivity index (χ2n) is 5.83. The minimum absolute atomic E-state index is 0.0767. The van der Waals surface area contributed by atoms with Crippen molar-refractivity contribution in [3.05, 3.63) is 48.3 Å². The summed E-state index contributed by atoms with van der Waals surface area (Å²) in [7, 11) is 0. The fraction of sp³-hybridized carbons (Fsp3) is 0.471. The van der Waals surface area contributed by atoms with Crippen LogP contribution in [0.15, 0.2) is 45.6 Å². The van der Waals surface area contributed by atoms with Crippen molar-refractivity contribution in [2.24, 2.45) is 5.92 Å². The van der Waals surface area contributed by atoms with Crippen molar-refractivity contribution < 1.29 is 13.6 Å². The fourth-order valence-corrected chi connectivity index (χ4v) is 3.02. The maximum atomic E-state index is 12.5.